The second-order valence-corrected chi connectivity index (χ2v) is 4.90. The van der Waals surface area contributed by atoms with E-state index in [2.05, 4.69) is 25.9 Å². The molecule has 1 aromatic heterocycles. The Morgan fingerprint density at radius 3 is 2.87 bits per heavy atom. The van der Waals surface area contributed by atoms with E-state index in [0.717, 1.165) is 41.8 Å². The number of aromatic nitrogens is 2. The monoisotopic (exact) mass is 269 g/mol. The molecule has 0 bridgehead atoms. The highest BCUT2D eigenvalue weighted by Gasteiger charge is 2.26. The molecule has 0 amide bonds. The van der Waals surface area contributed by atoms with Gasteiger partial charge in [0.05, 0.1) is 10.2 Å². The smallest absolute Gasteiger partial charge is 0.131 e. The van der Waals surface area contributed by atoms with Crippen LogP contribution in [0.3, 0.4) is 0 Å². The third-order valence-electron chi connectivity index (χ3n) is 2.65. The van der Waals surface area contributed by atoms with Gasteiger partial charge >= 0.3 is 0 Å². The summed E-state index contributed by atoms with van der Waals surface area (Å²) in [6.45, 7) is 0.762. The molecular formula is C11H16BrN3. The van der Waals surface area contributed by atoms with Crippen LogP contribution in [-0.4, -0.2) is 16.5 Å². The summed E-state index contributed by atoms with van der Waals surface area (Å²) in [6.07, 6.45) is 7.57. The average molecular weight is 270 g/mol. The van der Waals surface area contributed by atoms with Crippen LogP contribution in [0.25, 0.3) is 0 Å². The second kappa shape index (κ2) is 5.03. The van der Waals surface area contributed by atoms with Crippen molar-refractivity contribution in [2.24, 2.45) is 5.73 Å². The summed E-state index contributed by atoms with van der Waals surface area (Å²) in [5.74, 6) is 1.66. The van der Waals surface area contributed by atoms with Crippen LogP contribution in [0.2, 0.25) is 0 Å². The predicted molar refractivity (Wildman–Crippen MR) is 63.7 cm³/mol. The zero-order chi connectivity index (χ0) is 10.7. The molecule has 0 unspecified atom stereocenters. The van der Waals surface area contributed by atoms with Crippen LogP contribution in [-0.2, 0) is 6.42 Å². The number of nitrogens with zero attached hydrogens (tertiary/aromatic N) is 2. The van der Waals surface area contributed by atoms with Crippen LogP contribution < -0.4 is 5.73 Å². The van der Waals surface area contributed by atoms with Crippen LogP contribution in [0.1, 0.15) is 43.1 Å². The molecule has 2 rings (SSSR count). The van der Waals surface area contributed by atoms with Crippen molar-refractivity contribution in [3.8, 4) is 0 Å². The van der Waals surface area contributed by atoms with Crippen LogP contribution in [0.5, 0.6) is 0 Å². The summed E-state index contributed by atoms with van der Waals surface area (Å²) in [5, 5.41) is 0. The molecule has 15 heavy (non-hydrogen) atoms. The van der Waals surface area contributed by atoms with Gasteiger partial charge in [0.2, 0.25) is 0 Å². The van der Waals surface area contributed by atoms with Gasteiger partial charge in [-0.25, -0.2) is 9.97 Å². The maximum atomic E-state index is 5.47. The topological polar surface area (TPSA) is 51.8 Å². The summed E-state index contributed by atoms with van der Waals surface area (Å²) in [7, 11) is 0. The van der Waals surface area contributed by atoms with Crippen LogP contribution in [0.4, 0.5) is 0 Å². The van der Waals surface area contributed by atoms with E-state index < -0.39 is 0 Å². The van der Waals surface area contributed by atoms with Gasteiger partial charge in [-0.05, 0) is 54.6 Å². The quantitative estimate of drug-likeness (QED) is 0.836. The predicted octanol–water partition coefficient (Wildman–Crippen LogP) is 2.40. The van der Waals surface area contributed by atoms with Crippen LogP contribution >= 0.6 is 15.9 Å². The number of rotatable bonds is 5. The molecule has 1 aliphatic carbocycles. The number of unbranched alkanes of at least 4 members (excludes halogenated alkanes) is 1. The molecule has 4 heteroatoms. The molecule has 1 heterocycles. The van der Waals surface area contributed by atoms with Crippen molar-refractivity contribution >= 4 is 15.9 Å². The van der Waals surface area contributed by atoms with E-state index in [9.17, 15) is 0 Å². The minimum absolute atomic E-state index is 0.631. The second-order valence-electron chi connectivity index (χ2n) is 4.04. The summed E-state index contributed by atoms with van der Waals surface area (Å²) in [6, 6.07) is 0. The van der Waals surface area contributed by atoms with Crippen LogP contribution in [0, 0.1) is 0 Å². The van der Waals surface area contributed by atoms with E-state index in [1.807, 2.05) is 6.20 Å². The van der Waals surface area contributed by atoms with E-state index in [1.54, 1.807) is 0 Å². The van der Waals surface area contributed by atoms with Crippen molar-refractivity contribution < 1.29 is 0 Å². The average Bonchev–Trinajstić information content (AvgIpc) is 3.05. The van der Waals surface area contributed by atoms with Gasteiger partial charge < -0.3 is 5.73 Å². The van der Waals surface area contributed by atoms with E-state index in [1.165, 1.54) is 12.8 Å². The molecule has 0 saturated heterocycles. The molecule has 0 aliphatic heterocycles. The minimum atomic E-state index is 0.631. The van der Waals surface area contributed by atoms with E-state index in [0.29, 0.717) is 5.92 Å². The fourth-order valence-corrected chi connectivity index (χ4v) is 1.96. The Labute approximate surface area is 98.6 Å². The summed E-state index contributed by atoms with van der Waals surface area (Å²) < 4.78 is 1.03. The highest BCUT2D eigenvalue weighted by Crippen LogP contribution is 2.38. The third-order valence-corrected chi connectivity index (χ3v) is 3.31. The van der Waals surface area contributed by atoms with Crippen molar-refractivity contribution in [1.82, 2.24) is 9.97 Å². The molecule has 0 aromatic carbocycles. The first-order valence-electron chi connectivity index (χ1n) is 5.52. The van der Waals surface area contributed by atoms with Crippen molar-refractivity contribution in [3.63, 3.8) is 0 Å². The minimum Gasteiger partial charge on any atom is -0.330 e. The largest absolute Gasteiger partial charge is 0.330 e. The molecule has 82 valence electrons. The first-order valence-corrected chi connectivity index (χ1v) is 6.32. The maximum Gasteiger partial charge on any atom is 0.131 e. The first-order chi connectivity index (χ1) is 7.31. The Hall–Kier alpha value is -0.480. The Morgan fingerprint density at radius 2 is 2.20 bits per heavy atom. The van der Waals surface area contributed by atoms with Gasteiger partial charge in [0.15, 0.2) is 0 Å². The third kappa shape index (κ3) is 2.98. The van der Waals surface area contributed by atoms with E-state index in [-0.39, 0.29) is 0 Å². The Bertz CT molecular complexity index is 337. The Morgan fingerprint density at radius 1 is 1.40 bits per heavy atom. The summed E-state index contributed by atoms with van der Waals surface area (Å²) >= 11 is 3.50. The molecule has 0 spiro atoms. The molecule has 0 radical (unpaired) electrons. The number of hydrogen-bond donors (Lipinski definition) is 1. The SMILES string of the molecule is NCCCCc1nc(C2CC2)ncc1Br. The van der Waals surface area contributed by atoms with Crippen molar-refractivity contribution in [1.29, 1.82) is 0 Å². The van der Waals surface area contributed by atoms with Gasteiger partial charge in [0.25, 0.3) is 0 Å². The van der Waals surface area contributed by atoms with E-state index >= 15 is 0 Å². The lowest BCUT2D eigenvalue weighted by Crippen LogP contribution is -2.02. The Kier molecular flexibility index (Phi) is 3.70. The normalized spacial score (nSPS) is 15.6. The molecule has 2 N–H and O–H groups in total. The number of halogens is 1. The van der Waals surface area contributed by atoms with Gasteiger partial charge in [-0.2, -0.15) is 0 Å². The number of nitrogens with two attached hydrogens (primary N) is 1. The van der Waals surface area contributed by atoms with Gasteiger partial charge in [-0.15, -0.1) is 0 Å². The van der Waals surface area contributed by atoms with Gasteiger partial charge in [-0.3, -0.25) is 0 Å². The van der Waals surface area contributed by atoms with Gasteiger partial charge in [0.1, 0.15) is 5.82 Å². The number of aryl methyl sites for hydroxylation is 1. The number of hydrogen-bond acceptors (Lipinski definition) is 3. The maximum absolute atomic E-state index is 5.47. The lowest BCUT2D eigenvalue weighted by molar-refractivity contribution is 0.720. The lowest BCUT2D eigenvalue weighted by atomic mass is 10.2. The molecule has 0 atom stereocenters. The highest BCUT2D eigenvalue weighted by molar-refractivity contribution is 9.10. The van der Waals surface area contributed by atoms with Gasteiger partial charge in [0, 0.05) is 12.1 Å². The zero-order valence-corrected chi connectivity index (χ0v) is 10.3. The van der Waals surface area contributed by atoms with Crippen molar-refractivity contribution in [3.05, 3.63) is 22.2 Å². The molecule has 1 saturated carbocycles. The molecule has 1 aromatic rings. The van der Waals surface area contributed by atoms with Gasteiger partial charge in [-0.1, -0.05) is 0 Å². The first kappa shape index (κ1) is 11.0. The van der Waals surface area contributed by atoms with E-state index in [4.69, 9.17) is 5.73 Å². The summed E-state index contributed by atoms with van der Waals surface area (Å²) in [5.41, 5.74) is 6.61. The summed E-state index contributed by atoms with van der Waals surface area (Å²) in [4.78, 5) is 8.95. The Balaban J connectivity index is 2.03. The fraction of sp³-hybridized carbons (Fsp3) is 0.636. The lowest BCUT2D eigenvalue weighted by Gasteiger charge is -2.05. The molecule has 3 nitrogen and oxygen atoms in total. The highest BCUT2D eigenvalue weighted by atomic mass is 79.9. The van der Waals surface area contributed by atoms with Crippen LogP contribution in [0.15, 0.2) is 10.7 Å². The van der Waals surface area contributed by atoms with Crippen molar-refractivity contribution in [2.45, 2.75) is 38.0 Å². The molecule has 1 aliphatic rings. The van der Waals surface area contributed by atoms with Crippen molar-refractivity contribution in [2.75, 3.05) is 6.54 Å². The molecular weight excluding hydrogens is 254 g/mol. The molecule has 1 fully saturated rings. The fourth-order valence-electron chi connectivity index (χ4n) is 1.57. The zero-order valence-electron chi connectivity index (χ0n) is 8.75. The standard InChI is InChI=1S/C11H16BrN3/c12-9-7-14-11(8-4-5-8)15-10(9)3-1-2-6-13/h7-8H,1-6,13H2.